The van der Waals surface area contributed by atoms with Crippen LogP contribution in [0.1, 0.15) is 22.4 Å². The minimum Gasteiger partial charge on any atom is -0.295 e. The lowest BCUT2D eigenvalue weighted by molar-refractivity contribution is 0.834. The van der Waals surface area contributed by atoms with Gasteiger partial charge in [0, 0.05) is 5.69 Å². The molecular weight excluding hydrogens is 272 g/mol. The van der Waals surface area contributed by atoms with Gasteiger partial charge in [-0.05, 0) is 56.5 Å². The van der Waals surface area contributed by atoms with E-state index in [0.717, 1.165) is 22.5 Å². The predicted molar refractivity (Wildman–Crippen MR) is 90.8 cm³/mol. The second kappa shape index (κ2) is 5.34. The van der Waals surface area contributed by atoms with Gasteiger partial charge >= 0.3 is 0 Å². The monoisotopic (exact) mass is 292 g/mol. The molecule has 2 aromatic carbocycles. The largest absolute Gasteiger partial charge is 0.295 e. The minimum atomic E-state index is -0.00962. The van der Waals surface area contributed by atoms with E-state index >= 15 is 0 Å². The van der Waals surface area contributed by atoms with Crippen LogP contribution in [0.3, 0.4) is 0 Å². The SMILES string of the molecule is Cc1ccc(-c2c(C)[nH]n(-c3ccc(C)c(C)c3)c2=O)cc1. The van der Waals surface area contributed by atoms with Crippen LogP contribution in [-0.2, 0) is 0 Å². The number of benzene rings is 2. The Kier molecular flexibility index (Phi) is 3.49. The lowest BCUT2D eigenvalue weighted by Gasteiger charge is -2.05. The summed E-state index contributed by atoms with van der Waals surface area (Å²) in [5, 5.41) is 3.19. The summed E-state index contributed by atoms with van der Waals surface area (Å²) < 4.78 is 1.62. The number of nitrogens with one attached hydrogen (secondary N) is 1. The molecule has 3 nitrogen and oxygen atoms in total. The molecule has 3 rings (SSSR count). The summed E-state index contributed by atoms with van der Waals surface area (Å²) in [7, 11) is 0. The van der Waals surface area contributed by atoms with Gasteiger partial charge in [0.25, 0.3) is 5.56 Å². The number of aryl methyl sites for hydroxylation is 4. The molecule has 3 aromatic rings. The molecule has 0 aliphatic carbocycles. The molecular formula is C19H20N2O. The van der Waals surface area contributed by atoms with Crippen molar-refractivity contribution in [2.24, 2.45) is 0 Å². The molecule has 0 bridgehead atoms. The van der Waals surface area contributed by atoms with Crippen molar-refractivity contribution in [1.82, 2.24) is 9.78 Å². The van der Waals surface area contributed by atoms with Crippen LogP contribution in [0.15, 0.2) is 47.3 Å². The second-order valence-corrected chi connectivity index (χ2v) is 5.89. The van der Waals surface area contributed by atoms with E-state index < -0.39 is 0 Å². The van der Waals surface area contributed by atoms with Crippen molar-refractivity contribution in [1.29, 1.82) is 0 Å². The van der Waals surface area contributed by atoms with Gasteiger partial charge in [-0.25, -0.2) is 4.68 Å². The van der Waals surface area contributed by atoms with E-state index in [-0.39, 0.29) is 5.56 Å². The highest BCUT2D eigenvalue weighted by molar-refractivity contribution is 5.65. The Bertz CT molecular complexity index is 883. The van der Waals surface area contributed by atoms with Gasteiger partial charge in [0.1, 0.15) is 0 Å². The molecule has 0 spiro atoms. The zero-order valence-corrected chi connectivity index (χ0v) is 13.4. The first-order valence-corrected chi connectivity index (χ1v) is 7.43. The first-order chi connectivity index (χ1) is 10.5. The molecule has 0 amide bonds. The summed E-state index contributed by atoms with van der Waals surface area (Å²) in [6, 6.07) is 14.1. The van der Waals surface area contributed by atoms with Gasteiger partial charge in [0.15, 0.2) is 0 Å². The van der Waals surface area contributed by atoms with E-state index in [4.69, 9.17) is 0 Å². The summed E-state index contributed by atoms with van der Waals surface area (Å²) >= 11 is 0. The maximum absolute atomic E-state index is 12.8. The van der Waals surface area contributed by atoms with Crippen molar-refractivity contribution in [3.63, 3.8) is 0 Å². The predicted octanol–water partition coefficient (Wildman–Crippen LogP) is 4.07. The van der Waals surface area contributed by atoms with E-state index in [0.29, 0.717) is 0 Å². The zero-order valence-electron chi connectivity index (χ0n) is 13.4. The van der Waals surface area contributed by atoms with Crippen LogP contribution < -0.4 is 5.56 Å². The molecule has 0 saturated carbocycles. The molecule has 112 valence electrons. The molecule has 0 saturated heterocycles. The van der Waals surface area contributed by atoms with Crippen LogP contribution in [0.2, 0.25) is 0 Å². The van der Waals surface area contributed by atoms with Crippen molar-refractivity contribution in [2.75, 3.05) is 0 Å². The Hall–Kier alpha value is -2.55. The van der Waals surface area contributed by atoms with E-state index in [1.807, 2.05) is 56.3 Å². The Morgan fingerprint density at radius 2 is 1.55 bits per heavy atom. The second-order valence-electron chi connectivity index (χ2n) is 5.89. The standard InChI is InChI=1S/C19H20N2O/c1-12-5-8-16(9-6-12)18-15(4)20-21(19(18)22)17-10-7-13(2)14(3)11-17/h5-11,20H,1-4H3. The summed E-state index contributed by atoms with van der Waals surface area (Å²) in [5.74, 6) is 0. The molecule has 22 heavy (non-hydrogen) atoms. The smallest absolute Gasteiger partial charge is 0.279 e. The quantitative estimate of drug-likeness (QED) is 0.759. The minimum absolute atomic E-state index is 0.00962. The third-order valence-corrected chi connectivity index (χ3v) is 4.16. The lowest BCUT2D eigenvalue weighted by Crippen LogP contribution is -2.15. The number of H-pyrrole nitrogens is 1. The number of nitrogens with zero attached hydrogens (tertiary/aromatic N) is 1. The highest BCUT2D eigenvalue weighted by atomic mass is 16.1. The lowest BCUT2D eigenvalue weighted by atomic mass is 10.1. The van der Waals surface area contributed by atoms with Crippen LogP contribution >= 0.6 is 0 Å². The van der Waals surface area contributed by atoms with Gasteiger partial charge in [-0.2, -0.15) is 0 Å². The van der Waals surface area contributed by atoms with Gasteiger partial charge in [-0.3, -0.25) is 9.89 Å². The van der Waals surface area contributed by atoms with Crippen LogP contribution in [-0.4, -0.2) is 9.78 Å². The molecule has 0 aliphatic heterocycles. The Morgan fingerprint density at radius 1 is 0.864 bits per heavy atom. The van der Waals surface area contributed by atoms with Crippen molar-refractivity contribution in [3.8, 4) is 16.8 Å². The maximum Gasteiger partial charge on any atom is 0.279 e. The van der Waals surface area contributed by atoms with Gasteiger partial charge in [-0.15, -0.1) is 0 Å². The molecule has 1 heterocycles. The van der Waals surface area contributed by atoms with E-state index in [1.165, 1.54) is 16.7 Å². The highest BCUT2D eigenvalue weighted by Crippen LogP contribution is 2.21. The molecule has 1 aromatic heterocycles. The number of aromatic nitrogens is 2. The van der Waals surface area contributed by atoms with Crippen LogP contribution in [0.5, 0.6) is 0 Å². The summed E-state index contributed by atoms with van der Waals surface area (Å²) in [4.78, 5) is 12.8. The fourth-order valence-electron chi connectivity index (χ4n) is 2.65. The van der Waals surface area contributed by atoms with E-state index in [1.54, 1.807) is 4.68 Å². The Morgan fingerprint density at radius 3 is 2.18 bits per heavy atom. The fraction of sp³-hybridized carbons (Fsp3) is 0.211. The van der Waals surface area contributed by atoms with Crippen molar-refractivity contribution in [3.05, 3.63) is 75.2 Å². The average molecular weight is 292 g/mol. The summed E-state index contributed by atoms with van der Waals surface area (Å²) in [6.07, 6.45) is 0. The first kappa shape index (κ1) is 14.4. The zero-order chi connectivity index (χ0) is 15.9. The Labute approximate surface area is 130 Å². The topological polar surface area (TPSA) is 37.8 Å². The fourth-order valence-corrected chi connectivity index (χ4v) is 2.65. The molecule has 3 heteroatoms. The number of aromatic amines is 1. The highest BCUT2D eigenvalue weighted by Gasteiger charge is 2.14. The van der Waals surface area contributed by atoms with E-state index in [2.05, 4.69) is 18.9 Å². The number of rotatable bonds is 2. The molecule has 0 atom stereocenters. The van der Waals surface area contributed by atoms with Crippen LogP contribution in [0.25, 0.3) is 16.8 Å². The van der Waals surface area contributed by atoms with Gasteiger partial charge in [0.05, 0.1) is 11.3 Å². The van der Waals surface area contributed by atoms with Crippen LogP contribution in [0, 0.1) is 27.7 Å². The third-order valence-electron chi connectivity index (χ3n) is 4.16. The van der Waals surface area contributed by atoms with Gasteiger partial charge < -0.3 is 0 Å². The maximum atomic E-state index is 12.8. The molecule has 1 N–H and O–H groups in total. The number of hydrogen-bond acceptors (Lipinski definition) is 1. The Balaban J connectivity index is 2.16. The normalized spacial score (nSPS) is 10.9. The average Bonchev–Trinajstić information content (AvgIpc) is 2.78. The molecule has 0 radical (unpaired) electrons. The third kappa shape index (κ3) is 2.39. The summed E-state index contributed by atoms with van der Waals surface area (Å²) in [6.45, 7) is 8.11. The molecule has 0 unspecified atom stereocenters. The first-order valence-electron chi connectivity index (χ1n) is 7.43. The molecule has 0 aliphatic rings. The van der Waals surface area contributed by atoms with Crippen molar-refractivity contribution in [2.45, 2.75) is 27.7 Å². The number of hydrogen-bond donors (Lipinski definition) is 1. The molecule has 0 fully saturated rings. The van der Waals surface area contributed by atoms with Gasteiger partial charge in [-0.1, -0.05) is 35.9 Å². The van der Waals surface area contributed by atoms with Crippen LogP contribution in [0.4, 0.5) is 0 Å². The van der Waals surface area contributed by atoms with E-state index in [9.17, 15) is 4.79 Å². The van der Waals surface area contributed by atoms with Gasteiger partial charge in [0.2, 0.25) is 0 Å². The van der Waals surface area contributed by atoms with Crippen molar-refractivity contribution < 1.29 is 0 Å². The summed E-state index contributed by atoms with van der Waals surface area (Å²) in [5.41, 5.74) is 7.01. The van der Waals surface area contributed by atoms with Crippen molar-refractivity contribution >= 4 is 0 Å².